The molecule has 25 heavy (non-hydrogen) atoms. The monoisotopic (exact) mass is 353 g/mol. The summed E-state index contributed by atoms with van der Waals surface area (Å²) in [4.78, 5) is 21.0. The second kappa shape index (κ2) is 8.06. The SMILES string of the molecule is CC1C(O)C(Oc2ccc(/C=C/C(=O)O)cc2)OC(CO)[C@@H]1[N+](=O)[O-]. The quantitative estimate of drug-likeness (QED) is 0.382. The van der Waals surface area contributed by atoms with E-state index in [-0.39, 0.29) is 0 Å². The van der Waals surface area contributed by atoms with Crippen molar-refractivity contribution in [2.75, 3.05) is 6.61 Å². The molecule has 0 bridgehead atoms. The van der Waals surface area contributed by atoms with Crippen LogP contribution in [0, 0.1) is 16.0 Å². The molecule has 0 spiro atoms. The van der Waals surface area contributed by atoms with Crippen LogP contribution < -0.4 is 4.74 Å². The number of aliphatic hydroxyl groups is 2. The number of carbonyl (C=O) groups is 1. The Balaban J connectivity index is 2.09. The van der Waals surface area contributed by atoms with Gasteiger partial charge in [0.15, 0.2) is 6.10 Å². The lowest BCUT2D eigenvalue weighted by Gasteiger charge is -2.38. The van der Waals surface area contributed by atoms with Crippen molar-refractivity contribution < 1.29 is 34.5 Å². The van der Waals surface area contributed by atoms with E-state index in [1.807, 2.05) is 0 Å². The van der Waals surface area contributed by atoms with Crippen LogP contribution in [0.4, 0.5) is 0 Å². The Morgan fingerprint density at radius 1 is 1.40 bits per heavy atom. The minimum atomic E-state index is -1.25. The summed E-state index contributed by atoms with van der Waals surface area (Å²) in [5.74, 6) is -1.51. The normalized spacial score (nSPS) is 29.5. The van der Waals surface area contributed by atoms with Gasteiger partial charge in [-0.15, -0.1) is 0 Å². The van der Waals surface area contributed by atoms with Gasteiger partial charge in [-0.1, -0.05) is 19.1 Å². The molecule has 1 fully saturated rings. The molecule has 0 aromatic heterocycles. The fourth-order valence-corrected chi connectivity index (χ4v) is 2.66. The Kier molecular flexibility index (Phi) is 6.07. The van der Waals surface area contributed by atoms with Gasteiger partial charge in [0.1, 0.15) is 11.9 Å². The van der Waals surface area contributed by atoms with E-state index in [4.69, 9.17) is 14.6 Å². The average Bonchev–Trinajstić information content (AvgIpc) is 2.57. The number of ether oxygens (including phenoxy) is 2. The highest BCUT2D eigenvalue weighted by atomic mass is 16.7. The van der Waals surface area contributed by atoms with E-state index in [9.17, 15) is 25.1 Å². The molecule has 1 aliphatic rings. The predicted octanol–water partition coefficient (Wildman–Crippen LogP) is 0.523. The number of nitro groups is 1. The molecule has 1 aliphatic heterocycles. The second-order valence-electron chi connectivity index (χ2n) is 5.71. The summed E-state index contributed by atoms with van der Waals surface area (Å²) >= 11 is 0. The molecule has 0 radical (unpaired) electrons. The maximum atomic E-state index is 11.1. The molecule has 1 saturated heterocycles. The van der Waals surface area contributed by atoms with Crippen LogP contribution in [-0.2, 0) is 9.53 Å². The van der Waals surface area contributed by atoms with Crippen LogP contribution in [0.2, 0.25) is 0 Å². The maximum Gasteiger partial charge on any atom is 0.328 e. The largest absolute Gasteiger partial charge is 0.478 e. The first-order valence-corrected chi connectivity index (χ1v) is 7.59. The highest BCUT2D eigenvalue weighted by Crippen LogP contribution is 2.29. The third-order valence-electron chi connectivity index (χ3n) is 4.02. The molecule has 1 heterocycles. The first-order valence-electron chi connectivity index (χ1n) is 7.59. The fraction of sp³-hybridized carbons (Fsp3) is 0.438. The third kappa shape index (κ3) is 4.53. The Bertz CT molecular complexity index is 642. The summed E-state index contributed by atoms with van der Waals surface area (Å²) in [6, 6.07) is 5.09. The zero-order valence-corrected chi connectivity index (χ0v) is 13.4. The molecule has 5 atom stereocenters. The van der Waals surface area contributed by atoms with Gasteiger partial charge in [0, 0.05) is 11.0 Å². The van der Waals surface area contributed by atoms with Gasteiger partial charge in [-0.2, -0.15) is 0 Å². The third-order valence-corrected chi connectivity index (χ3v) is 4.02. The first-order chi connectivity index (χ1) is 11.8. The molecule has 9 heteroatoms. The summed E-state index contributed by atoms with van der Waals surface area (Å²) in [5, 5.41) is 39.2. The molecule has 0 aliphatic carbocycles. The fourth-order valence-electron chi connectivity index (χ4n) is 2.66. The minimum absolute atomic E-state index is 0.333. The molecule has 1 aromatic carbocycles. The summed E-state index contributed by atoms with van der Waals surface area (Å²) in [7, 11) is 0. The van der Waals surface area contributed by atoms with Gasteiger partial charge in [-0.05, 0) is 23.8 Å². The smallest absolute Gasteiger partial charge is 0.328 e. The number of aliphatic carboxylic acids is 1. The second-order valence-corrected chi connectivity index (χ2v) is 5.71. The lowest BCUT2D eigenvalue weighted by molar-refractivity contribution is -0.559. The summed E-state index contributed by atoms with van der Waals surface area (Å²) in [6.07, 6.45) is -1.09. The zero-order valence-electron chi connectivity index (χ0n) is 13.4. The number of nitrogens with zero attached hydrogens (tertiary/aromatic N) is 1. The Morgan fingerprint density at radius 2 is 2.04 bits per heavy atom. The standard InChI is InChI=1S/C16H19NO8/c1-9-14(17(22)23)12(8-18)25-16(15(9)21)24-11-5-2-10(3-6-11)4-7-13(19)20/h2-7,9,12,14-16,18,21H,8H2,1H3,(H,19,20)/b7-4+/t9?,12?,14-,15?,16?/m1/s1. The molecule has 136 valence electrons. The number of hydrogen-bond acceptors (Lipinski definition) is 7. The summed E-state index contributed by atoms with van der Waals surface area (Å²) < 4.78 is 10.9. The van der Waals surface area contributed by atoms with E-state index in [1.54, 1.807) is 24.3 Å². The van der Waals surface area contributed by atoms with Crippen molar-refractivity contribution in [3.63, 3.8) is 0 Å². The predicted molar refractivity (Wildman–Crippen MR) is 85.4 cm³/mol. The van der Waals surface area contributed by atoms with Crippen molar-refractivity contribution in [1.29, 1.82) is 0 Å². The molecular weight excluding hydrogens is 334 g/mol. The topological polar surface area (TPSA) is 139 Å². The number of aliphatic hydroxyl groups excluding tert-OH is 2. The van der Waals surface area contributed by atoms with Gasteiger partial charge < -0.3 is 24.8 Å². The van der Waals surface area contributed by atoms with Gasteiger partial charge in [-0.3, -0.25) is 10.1 Å². The number of rotatable bonds is 6. The van der Waals surface area contributed by atoms with E-state index < -0.39 is 48.0 Å². The van der Waals surface area contributed by atoms with Crippen LogP contribution >= 0.6 is 0 Å². The number of carboxylic acid groups (broad SMARTS) is 1. The van der Waals surface area contributed by atoms with Crippen LogP contribution in [0.5, 0.6) is 5.75 Å². The van der Waals surface area contributed by atoms with Crippen molar-refractivity contribution >= 4 is 12.0 Å². The number of benzene rings is 1. The van der Waals surface area contributed by atoms with Crippen LogP contribution in [0.25, 0.3) is 6.08 Å². The molecule has 3 N–H and O–H groups in total. The van der Waals surface area contributed by atoms with Crippen molar-refractivity contribution in [2.24, 2.45) is 5.92 Å². The first kappa shape index (κ1) is 18.8. The zero-order chi connectivity index (χ0) is 18.6. The number of carboxylic acids is 1. The van der Waals surface area contributed by atoms with E-state index >= 15 is 0 Å². The molecule has 1 aromatic rings. The molecule has 0 saturated carbocycles. The molecule has 0 amide bonds. The van der Waals surface area contributed by atoms with Crippen LogP contribution in [0.3, 0.4) is 0 Å². The van der Waals surface area contributed by atoms with Crippen molar-refractivity contribution in [3.05, 3.63) is 46.0 Å². The van der Waals surface area contributed by atoms with Crippen LogP contribution in [0.15, 0.2) is 30.3 Å². The van der Waals surface area contributed by atoms with Gasteiger partial charge in [-0.25, -0.2) is 4.79 Å². The van der Waals surface area contributed by atoms with E-state index in [0.717, 1.165) is 6.08 Å². The molecular formula is C16H19NO8. The highest BCUT2D eigenvalue weighted by molar-refractivity contribution is 5.85. The van der Waals surface area contributed by atoms with E-state index in [1.165, 1.54) is 13.0 Å². The Morgan fingerprint density at radius 3 is 2.56 bits per heavy atom. The van der Waals surface area contributed by atoms with Crippen LogP contribution in [-0.4, -0.2) is 57.4 Å². The highest BCUT2D eigenvalue weighted by Gasteiger charge is 2.50. The van der Waals surface area contributed by atoms with Gasteiger partial charge >= 0.3 is 5.97 Å². The molecule has 9 nitrogen and oxygen atoms in total. The minimum Gasteiger partial charge on any atom is -0.478 e. The van der Waals surface area contributed by atoms with Gasteiger partial charge in [0.05, 0.1) is 12.5 Å². The molecule has 2 rings (SSSR count). The van der Waals surface area contributed by atoms with Crippen LogP contribution in [0.1, 0.15) is 12.5 Å². The summed E-state index contributed by atoms with van der Waals surface area (Å²) in [6.45, 7) is 0.932. The number of hydrogen-bond donors (Lipinski definition) is 3. The van der Waals surface area contributed by atoms with Crippen molar-refractivity contribution in [1.82, 2.24) is 0 Å². The maximum absolute atomic E-state index is 11.1. The summed E-state index contributed by atoms with van der Waals surface area (Å²) in [5.41, 5.74) is 0.634. The lowest BCUT2D eigenvalue weighted by Crippen LogP contribution is -2.58. The Labute approximate surface area is 143 Å². The molecule has 4 unspecified atom stereocenters. The Hall–Kier alpha value is -2.49. The van der Waals surface area contributed by atoms with Gasteiger partial charge in [0.2, 0.25) is 12.3 Å². The van der Waals surface area contributed by atoms with Crippen molar-refractivity contribution in [3.8, 4) is 5.75 Å². The van der Waals surface area contributed by atoms with Gasteiger partial charge in [0.25, 0.3) is 0 Å². The van der Waals surface area contributed by atoms with E-state index in [2.05, 4.69) is 0 Å². The van der Waals surface area contributed by atoms with E-state index in [0.29, 0.717) is 11.3 Å². The lowest BCUT2D eigenvalue weighted by atomic mass is 9.89. The average molecular weight is 353 g/mol. The van der Waals surface area contributed by atoms with Crippen molar-refractivity contribution in [2.45, 2.75) is 31.5 Å².